The summed E-state index contributed by atoms with van der Waals surface area (Å²) in [4.78, 5) is 1.35. The van der Waals surface area contributed by atoms with Crippen molar-refractivity contribution in [2.24, 2.45) is 11.8 Å². The molecular formula is C15H24ClNS. The van der Waals surface area contributed by atoms with Gasteiger partial charge >= 0.3 is 0 Å². The van der Waals surface area contributed by atoms with Crippen molar-refractivity contribution in [1.29, 1.82) is 0 Å². The summed E-state index contributed by atoms with van der Waals surface area (Å²) in [6, 6.07) is 2.50. The zero-order chi connectivity index (χ0) is 13.0. The first-order valence-electron chi connectivity index (χ1n) is 7.22. The number of thiophene rings is 1. The summed E-state index contributed by atoms with van der Waals surface area (Å²) in [5, 5.41) is 6.71. The predicted octanol–water partition coefficient (Wildman–Crippen LogP) is 5.27. The zero-order valence-electron chi connectivity index (χ0n) is 11.4. The van der Waals surface area contributed by atoms with Crippen LogP contribution in [-0.4, -0.2) is 6.54 Å². The summed E-state index contributed by atoms with van der Waals surface area (Å²) in [6.07, 6.45) is 6.84. The summed E-state index contributed by atoms with van der Waals surface area (Å²) >= 11 is 8.12. The third kappa shape index (κ3) is 3.28. The Balaban J connectivity index is 2.05. The first-order chi connectivity index (χ1) is 8.76. The molecule has 1 heterocycles. The summed E-state index contributed by atoms with van der Waals surface area (Å²) in [5.74, 6) is 1.73. The Morgan fingerprint density at radius 3 is 2.56 bits per heavy atom. The Morgan fingerprint density at radius 1 is 1.33 bits per heavy atom. The molecule has 102 valence electrons. The monoisotopic (exact) mass is 285 g/mol. The van der Waals surface area contributed by atoms with Crippen LogP contribution in [0, 0.1) is 11.8 Å². The lowest BCUT2D eigenvalue weighted by Gasteiger charge is -2.33. The van der Waals surface area contributed by atoms with E-state index in [-0.39, 0.29) is 0 Å². The van der Waals surface area contributed by atoms with E-state index in [2.05, 4.69) is 24.5 Å². The van der Waals surface area contributed by atoms with Crippen molar-refractivity contribution < 1.29 is 0 Å². The van der Waals surface area contributed by atoms with Gasteiger partial charge in [0.15, 0.2) is 0 Å². The molecule has 0 aromatic carbocycles. The Kier molecular flexibility index (Phi) is 5.53. The van der Waals surface area contributed by atoms with Gasteiger partial charge in [-0.05, 0) is 42.7 Å². The topological polar surface area (TPSA) is 12.0 Å². The van der Waals surface area contributed by atoms with Gasteiger partial charge in [0.25, 0.3) is 0 Å². The normalized spacial score (nSPS) is 26.2. The van der Waals surface area contributed by atoms with Gasteiger partial charge in [-0.2, -0.15) is 0 Å². The largest absolute Gasteiger partial charge is 0.309 e. The molecule has 1 atom stereocenters. The first-order valence-corrected chi connectivity index (χ1v) is 8.48. The number of halogens is 1. The van der Waals surface area contributed by atoms with Crippen LogP contribution in [0.5, 0.6) is 0 Å². The van der Waals surface area contributed by atoms with Gasteiger partial charge < -0.3 is 5.32 Å². The second-order valence-corrected chi connectivity index (χ2v) is 6.71. The second kappa shape index (κ2) is 6.93. The molecule has 0 saturated heterocycles. The molecule has 0 radical (unpaired) electrons. The highest BCUT2D eigenvalue weighted by Gasteiger charge is 2.29. The molecule has 1 aliphatic carbocycles. The van der Waals surface area contributed by atoms with Crippen LogP contribution in [-0.2, 0) is 0 Å². The van der Waals surface area contributed by atoms with Crippen molar-refractivity contribution in [3.63, 3.8) is 0 Å². The Labute approximate surface area is 120 Å². The molecule has 1 N–H and O–H groups in total. The fourth-order valence-corrected chi connectivity index (χ4v) is 4.49. The van der Waals surface area contributed by atoms with Crippen LogP contribution in [0.1, 0.15) is 56.9 Å². The standard InChI is InChI=1S/C15H24ClNS/c1-3-11-5-7-12(8-6-11)14(17-4-2)15-13(16)9-10-18-15/h9-12,14,17H,3-8H2,1-2H3. The van der Waals surface area contributed by atoms with Crippen LogP contribution < -0.4 is 5.32 Å². The van der Waals surface area contributed by atoms with Crippen molar-refractivity contribution >= 4 is 22.9 Å². The SMILES string of the molecule is CCNC(c1sccc1Cl)C1CCC(CC)CC1. The van der Waals surface area contributed by atoms with Gasteiger partial charge in [-0.15, -0.1) is 11.3 Å². The van der Waals surface area contributed by atoms with E-state index in [1.54, 1.807) is 11.3 Å². The van der Waals surface area contributed by atoms with E-state index in [1.807, 2.05) is 6.07 Å². The third-order valence-corrected chi connectivity index (χ3v) is 5.73. The predicted molar refractivity (Wildman–Crippen MR) is 81.5 cm³/mol. The fraction of sp³-hybridized carbons (Fsp3) is 0.733. The van der Waals surface area contributed by atoms with Gasteiger partial charge in [-0.1, -0.05) is 44.7 Å². The van der Waals surface area contributed by atoms with E-state index in [9.17, 15) is 0 Å². The minimum Gasteiger partial charge on any atom is -0.309 e. The quantitative estimate of drug-likeness (QED) is 0.777. The number of hydrogen-bond acceptors (Lipinski definition) is 2. The molecule has 1 aromatic rings. The Morgan fingerprint density at radius 2 is 2.06 bits per heavy atom. The minimum absolute atomic E-state index is 0.473. The van der Waals surface area contributed by atoms with Crippen LogP contribution in [0.4, 0.5) is 0 Å². The minimum atomic E-state index is 0.473. The molecule has 2 rings (SSSR count). The number of nitrogens with one attached hydrogen (secondary N) is 1. The molecule has 1 saturated carbocycles. The van der Waals surface area contributed by atoms with Gasteiger partial charge in [0, 0.05) is 10.9 Å². The molecule has 0 aliphatic heterocycles. The first kappa shape index (κ1) is 14.4. The lowest BCUT2D eigenvalue weighted by atomic mass is 9.77. The summed E-state index contributed by atoms with van der Waals surface area (Å²) < 4.78 is 0. The number of hydrogen-bond donors (Lipinski definition) is 1. The second-order valence-electron chi connectivity index (χ2n) is 5.36. The highest BCUT2D eigenvalue weighted by Crippen LogP contribution is 2.41. The van der Waals surface area contributed by atoms with Crippen LogP contribution in [0.3, 0.4) is 0 Å². The molecule has 18 heavy (non-hydrogen) atoms. The van der Waals surface area contributed by atoms with Crippen LogP contribution in [0.25, 0.3) is 0 Å². The zero-order valence-corrected chi connectivity index (χ0v) is 13.0. The van der Waals surface area contributed by atoms with Crippen LogP contribution in [0.15, 0.2) is 11.4 Å². The summed E-state index contributed by atoms with van der Waals surface area (Å²) in [6.45, 7) is 5.53. The maximum Gasteiger partial charge on any atom is 0.0561 e. The third-order valence-electron chi connectivity index (χ3n) is 4.29. The van der Waals surface area contributed by atoms with Gasteiger partial charge in [0.05, 0.1) is 5.02 Å². The maximum absolute atomic E-state index is 6.32. The summed E-state index contributed by atoms with van der Waals surface area (Å²) in [7, 11) is 0. The highest BCUT2D eigenvalue weighted by atomic mass is 35.5. The molecule has 0 spiro atoms. The van der Waals surface area contributed by atoms with E-state index >= 15 is 0 Å². The average molecular weight is 286 g/mol. The Bertz CT molecular complexity index is 355. The molecule has 0 amide bonds. The fourth-order valence-electron chi connectivity index (χ4n) is 3.15. The Hall–Kier alpha value is -0.0500. The van der Waals surface area contributed by atoms with Crippen molar-refractivity contribution in [1.82, 2.24) is 5.32 Å². The molecular weight excluding hydrogens is 262 g/mol. The van der Waals surface area contributed by atoms with Crippen molar-refractivity contribution in [3.05, 3.63) is 21.3 Å². The van der Waals surface area contributed by atoms with Crippen molar-refractivity contribution in [3.8, 4) is 0 Å². The molecule has 3 heteroatoms. The van der Waals surface area contributed by atoms with E-state index in [4.69, 9.17) is 11.6 Å². The van der Waals surface area contributed by atoms with Gasteiger partial charge in [-0.3, -0.25) is 0 Å². The van der Waals surface area contributed by atoms with E-state index in [0.29, 0.717) is 6.04 Å². The lowest BCUT2D eigenvalue weighted by molar-refractivity contribution is 0.222. The van der Waals surface area contributed by atoms with E-state index in [0.717, 1.165) is 23.4 Å². The molecule has 1 unspecified atom stereocenters. The molecule has 1 aromatic heterocycles. The molecule has 0 bridgehead atoms. The van der Waals surface area contributed by atoms with Crippen molar-refractivity contribution in [2.75, 3.05) is 6.54 Å². The smallest absolute Gasteiger partial charge is 0.0561 e. The van der Waals surface area contributed by atoms with Crippen molar-refractivity contribution in [2.45, 2.75) is 52.0 Å². The van der Waals surface area contributed by atoms with Gasteiger partial charge in [0.1, 0.15) is 0 Å². The van der Waals surface area contributed by atoms with Crippen LogP contribution in [0.2, 0.25) is 5.02 Å². The van der Waals surface area contributed by atoms with Gasteiger partial charge in [0.2, 0.25) is 0 Å². The number of rotatable bonds is 5. The highest BCUT2D eigenvalue weighted by molar-refractivity contribution is 7.10. The molecule has 1 aliphatic rings. The van der Waals surface area contributed by atoms with Crippen LogP contribution >= 0.6 is 22.9 Å². The van der Waals surface area contributed by atoms with E-state index in [1.165, 1.54) is 37.0 Å². The molecule has 1 nitrogen and oxygen atoms in total. The van der Waals surface area contributed by atoms with E-state index < -0.39 is 0 Å². The lowest BCUT2D eigenvalue weighted by Crippen LogP contribution is -2.30. The molecule has 1 fully saturated rings. The average Bonchev–Trinajstić information content (AvgIpc) is 2.82. The summed E-state index contributed by atoms with van der Waals surface area (Å²) in [5.41, 5.74) is 0. The van der Waals surface area contributed by atoms with Gasteiger partial charge in [-0.25, -0.2) is 0 Å². The maximum atomic E-state index is 6.32.